The van der Waals surface area contributed by atoms with Gasteiger partial charge in [0.05, 0.1) is 23.2 Å². The Hall–Kier alpha value is -3.93. The number of nitrogens with one attached hydrogen (secondary N) is 1. The number of rotatable bonds is 2. The predicted molar refractivity (Wildman–Crippen MR) is 129 cm³/mol. The van der Waals surface area contributed by atoms with Gasteiger partial charge in [-0.2, -0.15) is 0 Å². The largest absolute Gasteiger partial charge is 0.356 e. The Morgan fingerprint density at radius 3 is 2.79 bits per heavy atom. The molecule has 2 aromatic carbocycles. The highest BCUT2D eigenvalue weighted by molar-refractivity contribution is 6.11. The van der Waals surface area contributed by atoms with Gasteiger partial charge >= 0.3 is 0 Å². The summed E-state index contributed by atoms with van der Waals surface area (Å²) in [4.78, 5) is 31.6. The summed E-state index contributed by atoms with van der Waals surface area (Å²) >= 11 is 0. The number of anilines is 1. The summed E-state index contributed by atoms with van der Waals surface area (Å²) in [5, 5.41) is 5.68. The first kappa shape index (κ1) is 19.7. The van der Waals surface area contributed by atoms with Crippen LogP contribution in [-0.4, -0.2) is 32.8 Å². The third-order valence-electron chi connectivity index (χ3n) is 6.79. The summed E-state index contributed by atoms with van der Waals surface area (Å²) in [5.74, 6) is -0.755. The zero-order valence-electron chi connectivity index (χ0n) is 18.8. The number of benzene rings is 2. The van der Waals surface area contributed by atoms with E-state index in [0.717, 1.165) is 44.3 Å². The molecule has 1 N–H and O–H groups in total. The molecule has 2 aliphatic rings. The Morgan fingerprint density at radius 1 is 1.15 bits per heavy atom. The van der Waals surface area contributed by atoms with E-state index >= 15 is 0 Å². The molecule has 0 spiro atoms. The lowest BCUT2D eigenvalue weighted by Gasteiger charge is -2.20. The molecule has 164 valence electrons. The van der Waals surface area contributed by atoms with Gasteiger partial charge in [-0.25, -0.2) is 0 Å². The van der Waals surface area contributed by atoms with E-state index in [-0.39, 0.29) is 30.3 Å². The van der Waals surface area contributed by atoms with Gasteiger partial charge in [0.15, 0.2) is 0 Å². The van der Waals surface area contributed by atoms with Crippen molar-refractivity contribution < 1.29 is 9.59 Å². The van der Waals surface area contributed by atoms with Gasteiger partial charge in [0.25, 0.3) is 5.91 Å². The molecule has 0 aliphatic carbocycles. The van der Waals surface area contributed by atoms with Crippen molar-refractivity contribution in [2.75, 3.05) is 11.9 Å². The van der Waals surface area contributed by atoms with Gasteiger partial charge in [-0.15, -0.1) is 0 Å². The monoisotopic (exact) mass is 436 g/mol. The summed E-state index contributed by atoms with van der Waals surface area (Å²) in [5.41, 5.74) is 6.55. The maximum atomic E-state index is 13.6. The van der Waals surface area contributed by atoms with Gasteiger partial charge < -0.3 is 9.88 Å². The minimum absolute atomic E-state index is 0.223. The van der Waals surface area contributed by atoms with Crippen LogP contribution in [0.5, 0.6) is 0 Å². The predicted octanol–water partition coefficient (Wildman–Crippen LogP) is 4.97. The number of carbonyl (C=O) groups excluding carboxylic acids is 2. The third-order valence-corrected chi connectivity index (χ3v) is 6.79. The van der Waals surface area contributed by atoms with Crippen molar-refractivity contribution in [1.29, 1.82) is 0 Å². The Morgan fingerprint density at radius 2 is 2.00 bits per heavy atom. The van der Waals surface area contributed by atoms with E-state index in [1.807, 2.05) is 24.3 Å². The molecule has 1 unspecified atom stereocenters. The number of hydrogen-bond donors (Lipinski definition) is 1. The lowest BCUT2D eigenvalue weighted by Crippen LogP contribution is -2.33. The number of imide groups is 1. The van der Waals surface area contributed by atoms with Crippen molar-refractivity contribution in [3.63, 3.8) is 0 Å². The van der Waals surface area contributed by atoms with Crippen LogP contribution in [0.3, 0.4) is 0 Å². The van der Waals surface area contributed by atoms with Crippen molar-refractivity contribution in [2.24, 2.45) is 0 Å². The second-order valence-corrected chi connectivity index (χ2v) is 9.10. The Balaban J connectivity index is 1.67. The maximum absolute atomic E-state index is 13.6. The third kappa shape index (κ3) is 2.83. The van der Waals surface area contributed by atoms with Crippen LogP contribution in [-0.2, 0) is 9.59 Å². The first-order valence-corrected chi connectivity index (χ1v) is 11.2. The van der Waals surface area contributed by atoms with E-state index in [9.17, 15) is 9.59 Å². The summed E-state index contributed by atoms with van der Waals surface area (Å²) in [6, 6.07) is 16.6. The SMILES string of the molecule is CC(=O)N1CC2=C(C1=O)C(c1ccc3ncccc3c1)c1cn(C(C)C)c3cccc(c13)N2. The molecule has 6 nitrogen and oxygen atoms in total. The molecule has 0 fully saturated rings. The summed E-state index contributed by atoms with van der Waals surface area (Å²) in [6.07, 6.45) is 3.96. The molecule has 33 heavy (non-hydrogen) atoms. The lowest BCUT2D eigenvalue weighted by molar-refractivity contribution is -0.139. The summed E-state index contributed by atoms with van der Waals surface area (Å²) < 4.78 is 2.26. The second kappa shape index (κ2) is 7.04. The standard InChI is InChI=1S/C27H24N4O2/c1-15(2)30-13-19-24(18-9-10-20-17(12-18)6-5-11-28-20)26-22(14-31(16(3)32)27(26)33)29-21-7-4-8-23(30)25(19)21/h4-13,15,24,29H,14H2,1-3H3. The van der Waals surface area contributed by atoms with E-state index in [4.69, 9.17) is 0 Å². The van der Waals surface area contributed by atoms with Crippen LogP contribution >= 0.6 is 0 Å². The summed E-state index contributed by atoms with van der Waals surface area (Å²) in [6.45, 7) is 6.03. The molecule has 4 heterocycles. The first-order valence-electron chi connectivity index (χ1n) is 11.2. The maximum Gasteiger partial charge on any atom is 0.259 e. The van der Waals surface area contributed by atoms with Crippen LogP contribution in [0.15, 0.2) is 72.2 Å². The molecular weight excluding hydrogens is 412 g/mol. The number of aromatic nitrogens is 2. The van der Waals surface area contributed by atoms with Gasteiger partial charge in [-0.3, -0.25) is 19.5 Å². The van der Waals surface area contributed by atoms with Crippen molar-refractivity contribution in [1.82, 2.24) is 14.5 Å². The van der Waals surface area contributed by atoms with Crippen LogP contribution < -0.4 is 5.32 Å². The van der Waals surface area contributed by atoms with Gasteiger partial charge in [0.1, 0.15) is 0 Å². The topological polar surface area (TPSA) is 67.2 Å². The van der Waals surface area contributed by atoms with Gasteiger partial charge in [0, 0.05) is 53.4 Å². The quantitative estimate of drug-likeness (QED) is 0.482. The van der Waals surface area contributed by atoms with Crippen LogP contribution in [0.25, 0.3) is 21.8 Å². The minimum atomic E-state index is -0.292. The fourth-order valence-electron chi connectivity index (χ4n) is 5.28. The molecule has 0 saturated carbocycles. The molecule has 2 amide bonds. The summed E-state index contributed by atoms with van der Waals surface area (Å²) in [7, 11) is 0. The highest BCUT2D eigenvalue weighted by Gasteiger charge is 2.41. The van der Waals surface area contributed by atoms with Crippen molar-refractivity contribution in [3.8, 4) is 0 Å². The molecule has 4 aromatic rings. The highest BCUT2D eigenvalue weighted by atomic mass is 16.2. The lowest BCUT2D eigenvalue weighted by atomic mass is 9.84. The van der Waals surface area contributed by atoms with E-state index in [1.54, 1.807) is 6.20 Å². The average Bonchev–Trinajstić information content (AvgIpc) is 3.29. The Bertz CT molecular complexity index is 1510. The van der Waals surface area contributed by atoms with Crippen molar-refractivity contribution in [3.05, 3.63) is 83.3 Å². The highest BCUT2D eigenvalue weighted by Crippen LogP contribution is 2.47. The molecule has 2 aliphatic heterocycles. The van der Waals surface area contributed by atoms with E-state index < -0.39 is 0 Å². The number of fused-ring (bicyclic) bond motifs is 1. The number of pyridine rings is 1. The average molecular weight is 437 g/mol. The smallest absolute Gasteiger partial charge is 0.259 e. The van der Waals surface area contributed by atoms with Crippen LogP contribution in [0.2, 0.25) is 0 Å². The normalized spacial score (nSPS) is 17.6. The molecule has 6 rings (SSSR count). The number of hydrogen-bond acceptors (Lipinski definition) is 4. The first-order chi connectivity index (χ1) is 15.9. The van der Waals surface area contributed by atoms with Gasteiger partial charge in [0.2, 0.25) is 5.91 Å². The molecule has 6 heteroatoms. The Labute approximate surface area is 191 Å². The molecular formula is C27H24N4O2. The van der Waals surface area contributed by atoms with Crippen LogP contribution in [0.4, 0.5) is 5.69 Å². The number of carbonyl (C=O) groups is 2. The van der Waals surface area contributed by atoms with Crippen LogP contribution in [0, 0.1) is 0 Å². The fraction of sp³-hybridized carbons (Fsp3) is 0.222. The zero-order chi connectivity index (χ0) is 22.9. The van der Waals surface area contributed by atoms with Crippen molar-refractivity contribution >= 4 is 39.3 Å². The molecule has 2 aromatic heterocycles. The van der Waals surface area contributed by atoms with Crippen LogP contribution in [0.1, 0.15) is 43.9 Å². The Kier molecular flexibility index (Phi) is 4.21. The van der Waals surface area contributed by atoms with E-state index in [0.29, 0.717) is 5.57 Å². The van der Waals surface area contributed by atoms with E-state index in [2.05, 4.69) is 59.2 Å². The van der Waals surface area contributed by atoms with E-state index in [1.165, 1.54) is 11.8 Å². The number of nitrogens with zero attached hydrogens (tertiary/aromatic N) is 3. The molecule has 0 bridgehead atoms. The second-order valence-electron chi connectivity index (χ2n) is 9.10. The van der Waals surface area contributed by atoms with Gasteiger partial charge in [-0.05, 0) is 55.3 Å². The molecule has 1 atom stereocenters. The van der Waals surface area contributed by atoms with Crippen molar-refractivity contribution in [2.45, 2.75) is 32.7 Å². The fourth-order valence-corrected chi connectivity index (χ4v) is 5.28. The molecule has 0 saturated heterocycles. The van der Waals surface area contributed by atoms with Gasteiger partial charge in [-0.1, -0.05) is 18.2 Å². The molecule has 0 radical (unpaired) electrons. The number of amides is 2. The minimum Gasteiger partial charge on any atom is -0.356 e. The zero-order valence-corrected chi connectivity index (χ0v) is 18.8.